The van der Waals surface area contributed by atoms with Gasteiger partial charge < -0.3 is 0 Å². The molecular weight excluding hydrogens is 297 g/mol. The van der Waals surface area contributed by atoms with E-state index in [1.54, 1.807) is 25.2 Å². The van der Waals surface area contributed by atoms with Crippen LogP contribution >= 0.6 is 0 Å². The molecule has 1 aliphatic carbocycles. The van der Waals surface area contributed by atoms with Crippen LogP contribution in [0.4, 0.5) is 13.2 Å². The quantitative estimate of drug-likeness (QED) is 0.344. The predicted octanol–water partition coefficient (Wildman–Crippen LogP) is 6.36. The zero-order valence-corrected chi connectivity index (χ0v) is 13.3. The van der Waals surface area contributed by atoms with Gasteiger partial charge in [-0.15, -0.1) is 5.73 Å². The fraction of sp³-hybridized carbons (Fsp3) is 0.350. The fourth-order valence-corrected chi connectivity index (χ4v) is 2.78. The summed E-state index contributed by atoms with van der Waals surface area (Å²) in [5, 5.41) is 0. The van der Waals surface area contributed by atoms with Crippen molar-refractivity contribution in [2.24, 2.45) is 5.92 Å². The Morgan fingerprint density at radius 1 is 1.09 bits per heavy atom. The first-order chi connectivity index (χ1) is 11.1. The first kappa shape index (κ1) is 17.4. The molecule has 0 nitrogen and oxygen atoms in total. The SMILES string of the molecule is C/C=C\C(=C=C/C=C/C1CCCCC1)c1cc(F)c(F)c(F)c1. The summed E-state index contributed by atoms with van der Waals surface area (Å²) in [7, 11) is 0. The second-order valence-electron chi connectivity index (χ2n) is 5.76. The van der Waals surface area contributed by atoms with Gasteiger partial charge in [-0.3, -0.25) is 0 Å². The topological polar surface area (TPSA) is 0 Å². The average Bonchev–Trinajstić information content (AvgIpc) is 2.56. The van der Waals surface area contributed by atoms with Crippen LogP contribution in [0.25, 0.3) is 5.57 Å². The van der Waals surface area contributed by atoms with E-state index >= 15 is 0 Å². The van der Waals surface area contributed by atoms with Crippen LogP contribution < -0.4 is 0 Å². The van der Waals surface area contributed by atoms with Crippen molar-refractivity contribution in [2.45, 2.75) is 39.0 Å². The first-order valence-corrected chi connectivity index (χ1v) is 8.03. The highest BCUT2D eigenvalue weighted by Crippen LogP contribution is 2.24. The summed E-state index contributed by atoms with van der Waals surface area (Å²) in [6, 6.07) is 1.97. The van der Waals surface area contributed by atoms with Crippen LogP contribution in [-0.4, -0.2) is 0 Å². The maximum absolute atomic E-state index is 13.4. The van der Waals surface area contributed by atoms with Gasteiger partial charge in [0, 0.05) is 5.57 Å². The molecule has 0 radical (unpaired) electrons. The van der Waals surface area contributed by atoms with Crippen molar-refractivity contribution in [3.8, 4) is 0 Å². The zero-order chi connectivity index (χ0) is 16.7. The molecule has 0 saturated heterocycles. The van der Waals surface area contributed by atoms with Gasteiger partial charge in [-0.25, -0.2) is 13.2 Å². The Balaban J connectivity index is 2.23. The molecule has 0 spiro atoms. The first-order valence-electron chi connectivity index (χ1n) is 8.03. The van der Waals surface area contributed by atoms with E-state index in [9.17, 15) is 13.2 Å². The Hall–Kier alpha value is -1.99. The number of hydrogen-bond donors (Lipinski definition) is 0. The van der Waals surface area contributed by atoms with Gasteiger partial charge in [-0.2, -0.15) is 0 Å². The van der Waals surface area contributed by atoms with E-state index < -0.39 is 17.5 Å². The Bertz CT molecular complexity index is 632. The second-order valence-corrected chi connectivity index (χ2v) is 5.76. The van der Waals surface area contributed by atoms with Gasteiger partial charge >= 0.3 is 0 Å². The number of hydrogen-bond acceptors (Lipinski definition) is 0. The van der Waals surface area contributed by atoms with Crippen LogP contribution in [0.3, 0.4) is 0 Å². The normalized spacial score (nSPS) is 16.0. The third-order valence-corrected chi connectivity index (χ3v) is 4.00. The van der Waals surface area contributed by atoms with E-state index in [1.807, 2.05) is 6.08 Å². The molecule has 0 aromatic heterocycles. The molecule has 1 fully saturated rings. The van der Waals surface area contributed by atoms with Crippen molar-refractivity contribution in [2.75, 3.05) is 0 Å². The third kappa shape index (κ3) is 5.01. The average molecular weight is 318 g/mol. The standard InChI is InChI=1S/C20H21F3/c1-2-8-16(17-13-18(21)20(23)19(22)14-17)12-7-6-11-15-9-4-3-5-10-15/h2,6-8,11,13-15H,3-5,9-10H2,1H3/b8-2-,11-6+. The predicted molar refractivity (Wildman–Crippen MR) is 88.3 cm³/mol. The number of rotatable bonds is 4. The molecule has 0 bridgehead atoms. The molecule has 122 valence electrons. The molecule has 0 unspecified atom stereocenters. The van der Waals surface area contributed by atoms with Crippen molar-refractivity contribution in [3.63, 3.8) is 0 Å². The molecule has 1 aromatic carbocycles. The Labute approximate surface area is 135 Å². The van der Waals surface area contributed by atoms with Gasteiger partial charge in [0.2, 0.25) is 0 Å². The maximum Gasteiger partial charge on any atom is 0.194 e. The second kappa shape index (κ2) is 8.59. The zero-order valence-electron chi connectivity index (χ0n) is 13.3. The number of benzene rings is 1. The highest BCUT2D eigenvalue weighted by Gasteiger charge is 2.12. The fourth-order valence-electron chi connectivity index (χ4n) is 2.78. The largest absolute Gasteiger partial charge is 0.204 e. The number of allylic oxidation sites excluding steroid dienone is 5. The molecule has 23 heavy (non-hydrogen) atoms. The Kier molecular flexibility index (Phi) is 6.49. The van der Waals surface area contributed by atoms with Crippen LogP contribution in [0.5, 0.6) is 0 Å². The third-order valence-electron chi connectivity index (χ3n) is 4.00. The van der Waals surface area contributed by atoms with Crippen LogP contribution in [0.2, 0.25) is 0 Å². The Morgan fingerprint density at radius 2 is 1.74 bits per heavy atom. The van der Waals surface area contributed by atoms with Gasteiger partial charge in [-0.1, -0.05) is 43.6 Å². The van der Waals surface area contributed by atoms with Gasteiger partial charge in [0.25, 0.3) is 0 Å². The van der Waals surface area contributed by atoms with Crippen molar-refractivity contribution in [3.05, 3.63) is 71.3 Å². The lowest BCUT2D eigenvalue weighted by Gasteiger charge is -2.17. The minimum atomic E-state index is -1.45. The lowest BCUT2D eigenvalue weighted by molar-refractivity contribution is 0.419. The van der Waals surface area contributed by atoms with Gasteiger partial charge in [0.1, 0.15) is 0 Å². The van der Waals surface area contributed by atoms with Gasteiger partial charge in [0.15, 0.2) is 17.5 Å². The van der Waals surface area contributed by atoms with E-state index in [0.717, 1.165) is 12.1 Å². The summed E-state index contributed by atoms with van der Waals surface area (Å²) in [5.41, 5.74) is 3.79. The monoisotopic (exact) mass is 318 g/mol. The van der Waals surface area contributed by atoms with E-state index in [4.69, 9.17) is 0 Å². The summed E-state index contributed by atoms with van der Waals surface area (Å²) in [6.45, 7) is 1.80. The van der Waals surface area contributed by atoms with Crippen molar-refractivity contribution >= 4 is 5.57 Å². The Morgan fingerprint density at radius 3 is 2.35 bits per heavy atom. The molecular formula is C20H21F3. The lowest BCUT2D eigenvalue weighted by Crippen LogP contribution is -2.02. The summed E-state index contributed by atoms with van der Waals surface area (Å²) < 4.78 is 39.8. The smallest absolute Gasteiger partial charge is 0.194 e. The van der Waals surface area contributed by atoms with Crippen LogP contribution in [0, 0.1) is 23.4 Å². The van der Waals surface area contributed by atoms with Crippen molar-refractivity contribution < 1.29 is 13.2 Å². The minimum absolute atomic E-state index is 0.266. The van der Waals surface area contributed by atoms with Crippen LogP contribution in [-0.2, 0) is 0 Å². The molecule has 0 heterocycles. The molecule has 3 heteroatoms. The highest BCUT2D eigenvalue weighted by molar-refractivity contribution is 5.73. The lowest BCUT2D eigenvalue weighted by atomic mass is 9.89. The van der Waals surface area contributed by atoms with Crippen LogP contribution in [0.1, 0.15) is 44.6 Å². The summed E-state index contributed by atoms with van der Waals surface area (Å²) in [6.07, 6.45) is 15.5. The molecule has 0 N–H and O–H groups in total. The van der Waals surface area contributed by atoms with E-state index in [-0.39, 0.29) is 5.56 Å². The van der Waals surface area contributed by atoms with Crippen molar-refractivity contribution in [1.82, 2.24) is 0 Å². The van der Waals surface area contributed by atoms with E-state index in [1.165, 1.54) is 32.1 Å². The van der Waals surface area contributed by atoms with Crippen molar-refractivity contribution in [1.29, 1.82) is 0 Å². The molecule has 0 aliphatic heterocycles. The van der Waals surface area contributed by atoms with Gasteiger partial charge in [-0.05, 0) is 49.5 Å². The van der Waals surface area contributed by atoms with E-state index in [0.29, 0.717) is 11.5 Å². The van der Waals surface area contributed by atoms with Gasteiger partial charge in [0.05, 0.1) is 0 Å². The molecule has 2 rings (SSSR count). The molecule has 0 atom stereocenters. The maximum atomic E-state index is 13.4. The van der Waals surface area contributed by atoms with Crippen LogP contribution in [0.15, 0.2) is 48.2 Å². The highest BCUT2D eigenvalue weighted by atomic mass is 19.2. The summed E-state index contributed by atoms with van der Waals surface area (Å²) in [5.74, 6) is -3.23. The van der Waals surface area contributed by atoms with E-state index in [2.05, 4.69) is 11.8 Å². The summed E-state index contributed by atoms with van der Waals surface area (Å²) in [4.78, 5) is 0. The minimum Gasteiger partial charge on any atom is -0.204 e. The number of halogens is 3. The summed E-state index contributed by atoms with van der Waals surface area (Å²) >= 11 is 0. The molecule has 1 aliphatic rings. The molecule has 0 amide bonds. The molecule has 1 saturated carbocycles. The molecule has 1 aromatic rings.